The van der Waals surface area contributed by atoms with E-state index in [-0.39, 0.29) is 5.91 Å². The van der Waals surface area contributed by atoms with Crippen LogP contribution in [0.5, 0.6) is 0 Å². The molecule has 1 N–H and O–H groups in total. The van der Waals surface area contributed by atoms with Crippen molar-refractivity contribution in [3.63, 3.8) is 0 Å². The van der Waals surface area contributed by atoms with E-state index >= 15 is 0 Å². The second kappa shape index (κ2) is 6.80. The molecule has 0 saturated carbocycles. The molecule has 0 spiro atoms. The number of nitrogens with zero attached hydrogens (tertiary/aromatic N) is 2. The van der Waals surface area contributed by atoms with Crippen molar-refractivity contribution in [2.24, 2.45) is 5.92 Å². The minimum absolute atomic E-state index is 0.0367. The molecule has 1 saturated heterocycles. The zero-order valence-corrected chi connectivity index (χ0v) is 14.0. The molecule has 22 heavy (non-hydrogen) atoms. The summed E-state index contributed by atoms with van der Waals surface area (Å²) in [4.78, 5) is 15.9. The van der Waals surface area contributed by atoms with Crippen LogP contribution in [0.3, 0.4) is 0 Å². The summed E-state index contributed by atoms with van der Waals surface area (Å²) in [6, 6.07) is 2.28. The molecule has 3 rings (SSSR count). The quantitative estimate of drug-likeness (QED) is 0.928. The second-order valence-electron chi connectivity index (χ2n) is 6.52. The maximum absolute atomic E-state index is 12.2. The summed E-state index contributed by atoms with van der Waals surface area (Å²) >= 11 is 1.60. The number of rotatable bonds is 4. The van der Waals surface area contributed by atoms with Gasteiger partial charge >= 0.3 is 0 Å². The van der Waals surface area contributed by atoms with Gasteiger partial charge in [0.2, 0.25) is 5.91 Å². The van der Waals surface area contributed by atoms with Gasteiger partial charge in [0.25, 0.3) is 0 Å². The van der Waals surface area contributed by atoms with Crippen LogP contribution < -0.4 is 5.32 Å². The lowest BCUT2D eigenvalue weighted by molar-refractivity contribution is -0.116. The van der Waals surface area contributed by atoms with E-state index in [1.165, 1.54) is 23.3 Å². The Hall–Kier alpha value is -1.38. The summed E-state index contributed by atoms with van der Waals surface area (Å²) in [5.74, 6) is 0.775. The molecular weight excluding hydrogens is 294 g/mol. The van der Waals surface area contributed by atoms with Crippen LogP contribution in [0, 0.1) is 17.2 Å². The molecule has 1 aliphatic heterocycles. The normalized spacial score (nSPS) is 21.4. The van der Waals surface area contributed by atoms with Crippen molar-refractivity contribution in [1.29, 1.82) is 5.26 Å². The Bertz CT molecular complexity index is 602. The average molecular weight is 317 g/mol. The molecule has 1 aliphatic carbocycles. The largest absolute Gasteiger partial charge is 0.317 e. The first kappa shape index (κ1) is 15.5. The fraction of sp³-hybridized carbons (Fsp3) is 0.647. The van der Waals surface area contributed by atoms with Crippen LogP contribution in [0.15, 0.2) is 0 Å². The number of hydrogen-bond donors (Lipinski definition) is 1. The van der Waals surface area contributed by atoms with E-state index in [9.17, 15) is 10.1 Å². The number of carbonyl (C=O) groups excluding carboxylic acids is 1. The predicted molar refractivity (Wildman–Crippen MR) is 89.1 cm³/mol. The molecule has 2 aliphatic rings. The first-order chi connectivity index (χ1) is 10.7. The van der Waals surface area contributed by atoms with Gasteiger partial charge in [-0.15, -0.1) is 11.3 Å². The highest BCUT2D eigenvalue weighted by atomic mass is 32.1. The molecule has 2 heterocycles. The van der Waals surface area contributed by atoms with E-state index in [1.54, 1.807) is 11.3 Å². The van der Waals surface area contributed by atoms with Gasteiger partial charge in [0.05, 0.1) is 5.56 Å². The number of amides is 1. The molecule has 1 aromatic rings. The Morgan fingerprint density at radius 2 is 2.32 bits per heavy atom. The predicted octanol–water partition coefficient (Wildman–Crippen LogP) is 3.17. The van der Waals surface area contributed by atoms with Gasteiger partial charge in [-0.05, 0) is 50.1 Å². The maximum Gasteiger partial charge on any atom is 0.226 e. The zero-order valence-electron chi connectivity index (χ0n) is 13.2. The Balaban J connectivity index is 1.55. The third kappa shape index (κ3) is 3.34. The van der Waals surface area contributed by atoms with Gasteiger partial charge in [-0.1, -0.05) is 6.92 Å². The van der Waals surface area contributed by atoms with E-state index < -0.39 is 0 Å². The number of thiophene rings is 1. The molecule has 1 fully saturated rings. The van der Waals surface area contributed by atoms with Crippen molar-refractivity contribution in [2.45, 2.75) is 45.4 Å². The minimum Gasteiger partial charge on any atom is -0.317 e. The summed E-state index contributed by atoms with van der Waals surface area (Å²) in [5.41, 5.74) is 1.88. The molecule has 1 unspecified atom stereocenters. The van der Waals surface area contributed by atoms with E-state index in [4.69, 9.17) is 0 Å². The third-order valence-electron chi connectivity index (χ3n) is 4.68. The molecular formula is C17H23N3OS. The van der Waals surface area contributed by atoms with Crippen molar-refractivity contribution >= 4 is 22.2 Å². The summed E-state index contributed by atoms with van der Waals surface area (Å²) < 4.78 is 0. The van der Waals surface area contributed by atoms with Gasteiger partial charge in [-0.25, -0.2) is 0 Å². The number of aryl methyl sites for hydroxylation is 1. The molecule has 0 radical (unpaired) electrons. The van der Waals surface area contributed by atoms with Crippen molar-refractivity contribution in [3.05, 3.63) is 16.0 Å². The number of nitrogens with one attached hydrogen (secondary N) is 1. The van der Waals surface area contributed by atoms with Crippen LogP contribution in [0.1, 0.15) is 48.6 Å². The van der Waals surface area contributed by atoms with Gasteiger partial charge in [0.1, 0.15) is 11.1 Å². The van der Waals surface area contributed by atoms with Crippen molar-refractivity contribution < 1.29 is 4.79 Å². The highest BCUT2D eigenvalue weighted by molar-refractivity contribution is 7.16. The van der Waals surface area contributed by atoms with E-state index in [1.807, 2.05) is 0 Å². The lowest BCUT2D eigenvalue weighted by Gasteiger charge is -2.30. The van der Waals surface area contributed by atoms with Crippen molar-refractivity contribution in [3.8, 4) is 6.07 Å². The maximum atomic E-state index is 12.2. The van der Waals surface area contributed by atoms with Crippen molar-refractivity contribution in [1.82, 2.24) is 4.90 Å². The fourth-order valence-corrected chi connectivity index (χ4v) is 4.81. The number of carbonyl (C=O) groups is 1. The third-order valence-corrected chi connectivity index (χ3v) is 5.89. The first-order valence-corrected chi connectivity index (χ1v) is 9.06. The van der Waals surface area contributed by atoms with E-state index in [0.717, 1.165) is 49.8 Å². The molecule has 1 atom stereocenters. The Labute approximate surface area is 136 Å². The van der Waals surface area contributed by atoms with Crippen LogP contribution in [0.4, 0.5) is 5.00 Å². The number of nitriles is 1. The van der Waals surface area contributed by atoms with Crippen LogP contribution in [-0.4, -0.2) is 30.4 Å². The molecule has 4 nitrogen and oxygen atoms in total. The molecule has 0 aromatic carbocycles. The lowest BCUT2D eigenvalue weighted by atomic mass is 10.0. The van der Waals surface area contributed by atoms with Gasteiger partial charge < -0.3 is 10.2 Å². The second-order valence-corrected chi connectivity index (χ2v) is 7.62. The van der Waals surface area contributed by atoms with Gasteiger partial charge in [-0.2, -0.15) is 5.26 Å². The number of piperidine rings is 1. The van der Waals surface area contributed by atoms with Crippen LogP contribution in [0.25, 0.3) is 0 Å². The van der Waals surface area contributed by atoms with E-state index in [2.05, 4.69) is 23.2 Å². The standard InChI is InChI=1S/C17H23N3OS/c1-12-4-3-8-20(11-12)9-7-16(21)19-17-14(10-18)13-5-2-6-15(13)22-17/h12H,2-9,11H2,1H3,(H,19,21). The number of hydrogen-bond acceptors (Lipinski definition) is 4. The Morgan fingerprint density at radius 3 is 3.09 bits per heavy atom. The molecule has 0 bridgehead atoms. The highest BCUT2D eigenvalue weighted by Crippen LogP contribution is 2.38. The van der Waals surface area contributed by atoms with Crippen LogP contribution >= 0.6 is 11.3 Å². The van der Waals surface area contributed by atoms with Crippen LogP contribution in [0.2, 0.25) is 0 Å². The van der Waals surface area contributed by atoms with Gasteiger partial charge in [0, 0.05) is 24.4 Å². The van der Waals surface area contributed by atoms with Gasteiger partial charge in [-0.3, -0.25) is 4.79 Å². The fourth-order valence-electron chi connectivity index (χ4n) is 3.55. The lowest BCUT2D eigenvalue weighted by Crippen LogP contribution is -2.36. The zero-order chi connectivity index (χ0) is 15.5. The highest BCUT2D eigenvalue weighted by Gasteiger charge is 2.23. The number of likely N-dealkylation sites (tertiary alicyclic amines) is 1. The summed E-state index contributed by atoms with van der Waals surface area (Å²) in [5, 5.41) is 13.1. The smallest absolute Gasteiger partial charge is 0.226 e. The van der Waals surface area contributed by atoms with Crippen LogP contribution in [-0.2, 0) is 17.6 Å². The van der Waals surface area contributed by atoms with Gasteiger partial charge in [0.15, 0.2) is 0 Å². The Morgan fingerprint density at radius 1 is 1.45 bits per heavy atom. The molecule has 1 amide bonds. The minimum atomic E-state index is 0.0367. The summed E-state index contributed by atoms with van der Waals surface area (Å²) in [6.07, 6.45) is 6.22. The molecule has 118 valence electrons. The van der Waals surface area contributed by atoms with Crippen molar-refractivity contribution in [2.75, 3.05) is 25.0 Å². The number of anilines is 1. The topological polar surface area (TPSA) is 56.1 Å². The monoisotopic (exact) mass is 317 g/mol. The first-order valence-electron chi connectivity index (χ1n) is 8.24. The van der Waals surface area contributed by atoms with E-state index in [0.29, 0.717) is 12.0 Å². The SMILES string of the molecule is CC1CCCN(CCC(=O)Nc2sc3c(c2C#N)CCC3)C1. The number of fused-ring (bicyclic) bond motifs is 1. The average Bonchev–Trinajstić information content (AvgIpc) is 3.05. The molecule has 1 aromatic heterocycles. The Kier molecular flexibility index (Phi) is 4.80. The summed E-state index contributed by atoms with van der Waals surface area (Å²) in [6.45, 7) is 5.31. The summed E-state index contributed by atoms with van der Waals surface area (Å²) in [7, 11) is 0. The molecule has 5 heteroatoms.